The Labute approximate surface area is 136 Å². The molecule has 2 aromatic rings. The van der Waals surface area contributed by atoms with E-state index in [9.17, 15) is 18.7 Å². The third-order valence-corrected chi connectivity index (χ3v) is 3.74. The molecule has 5 nitrogen and oxygen atoms in total. The summed E-state index contributed by atoms with van der Waals surface area (Å²) in [5.41, 5.74) is -1.48. The van der Waals surface area contributed by atoms with Gasteiger partial charge < -0.3 is 19.9 Å². The maximum Gasteiger partial charge on any atom is 0.251 e. The van der Waals surface area contributed by atoms with Crippen LogP contribution in [0.1, 0.15) is 22.8 Å². The first-order valence-electron chi connectivity index (χ1n) is 7.22. The fraction of sp³-hybridized carbons (Fsp3) is 0.235. The first kappa shape index (κ1) is 16.2. The van der Waals surface area contributed by atoms with E-state index < -0.39 is 23.1 Å². The van der Waals surface area contributed by atoms with Gasteiger partial charge in [0.1, 0.15) is 17.2 Å². The van der Waals surface area contributed by atoms with Gasteiger partial charge in [0.25, 0.3) is 5.91 Å². The number of halogens is 2. The average Bonchev–Trinajstić information content (AvgIpc) is 2.99. The molecular weight excluding hydrogens is 320 g/mol. The first-order chi connectivity index (χ1) is 11.4. The van der Waals surface area contributed by atoms with Crippen LogP contribution in [0.15, 0.2) is 36.4 Å². The maximum atomic E-state index is 13.8. The zero-order valence-corrected chi connectivity index (χ0v) is 12.8. The van der Waals surface area contributed by atoms with Crippen LogP contribution in [0.5, 0.6) is 11.5 Å². The Hall–Kier alpha value is -2.67. The number of benzene rings is 2. The molecule has 2 N–H and O–H groups in total. The van der Waals surface area contributed by atoms with Crippen LogP contribution < -0.4 is 14.8 Å². The molecule has 0 aromatic heterocycles. The van der Waals surface area contributed by atoms with Crippen molar-refractivity contribution < 1.29 is 28.2 Å². The summed E-state index contributed by atoms with van der Waals surface area (Å²) in [6.07, 6.45) is 0. The molecule has 1 aliphatic rings. The van der Waals surface area contributed by atoms with Crippen LogP contribution in [0, 0.1) is 11.6 Å². The van der Waals surface area contributed by atoms with Gasteiger partial charge in [-0.1, -0.05) is 6.07 Å². The molecule has 0 bridgehead atoms. The van der Waals surface area contributed by atoms with Crippen LogP contribution in [0.2, 0.25) is 0 Å². The van der Waals surface area contributed by atoms with Gasteiger partial charge in [-0.3, -0.25) is 4.79 Å². The molecule has 24 heavy (non-hydrogen) atoms. The number of amides is 1. The second kappa shape index (κ2) is 6.09. The van der Waals surface area contributed by atoms with Gasteiger partial charge in [0.2, 0.25) is 6.79 Å². The Morgan fingerprint density at radius 3 is 2.71 bits per heavy atom. The summed E-state index contributed by atoms with van der Waals surface area (Å²) >= 11 is 0. The molecule has 7 heteroatoms. The van der Waals surface area contributed by atoms with Crippen LogP contribution in [-0.2, 0) is 5.60 Å². The van der Waals surface area contributed by atoms with Gasteiger partial charge in [0.05, 0.1) is 6.54 Å². The van der Waals surface area contributed by atoms with E-state index >= 15 is 0 Å². The van der Waals surface area contributed by atoms with Crippen LogP contribution in [0.3, 0.4) is 0 Å². The fourth-order valence-corrected chi connectivity index (χ4v) is 2.41. The van der Waals surface area contributed by atoms with Gasteiger partial charge in [-0.05, 0) is 31.2 Å². The summed E-state index contributed by atoms with van der Waals surface area (Å²) in [6.45, 7) is 1.19. The summed E-state index contributed by atoms with van der Waals surface area (Å²) < 4.78 is 37.1. The molecular formula is C17H15F2NO4. The maximum absolute atomic E-state index is 13.8. The van der Waals surface area contributed by atoms with Gasteiger partial charge >= 0.3 is 0 Å². The van der Waals surface area contributed by atoms with Gasteiger partial charge in [0, 0.05) is 17.2 Å². The van der Waals surface area contributed by atoms with Crippen molar-refractivity contribution in [3.05, 3.63) is 59.2 Å². The minimum absolute atomic E-state index is 0.0962. The second-order valence-corrected chi connectivity index (χ2v) is 5.65. The third kappa shape index (κ3) is 3.16. The average molecular weight is 335 g/mol. The minimum atomic E-state index is -1.69. The first-order valence-corrected chi connectivity index (χ1v) is 7.22. The third-order valence-electron chi connectivity index (χ3n) is 3.74. The Bertz CT molecular complexity index is 792. The molecule has 1 heterocycles. The Morgan fingerprint density at radius 2 is 1.96 bits per heavy atom. The van der Waals surface area contributed by atoms with Crippen molar-refractivity contribution in [1.29, 1.82) is 0 Å². The van der Waals surface area contributed by atoms with Gasteiger partial charge in [0.15, 0.2) is 11.5 Å². The van der Waals surface area contributed by atoms with E-state index in [1.807, 2.05) is 0 Å². The van der Waals surface area contributed by atoms with Gasteiger partial charge in [-0.25, -0.2) is 8.78 Å². The van der Waals surface area contributed by atoms with Crippen molar-refractivity contribution in [2.45, 2.75) is 12.5 Å². The molecule has 0 radical (unpaired) electrons. The van der Waals surface area contributed by atoms with Crippen molar-refractivity contribution in [2.24, 2.45) is 0 Å². The predicted octanol–water partition coefficient (Wildman–Crippen LogP) is 2.33. The minimum Gasteiger partial charge on any atom is -0.454 e. The van der Waals surface area contributed by atoms with E-state index in [0.29, 0.717) is 23.1 Å². The van der Waals surface area contributed by atoms with Crippen molar-refractivity contribution in [1.82, 2.24) is 5.32 Å². The van der Waals surface area contributed by atoms with Crippen LogP contribution in [0.4, 0.5) is 8.78 Å². The van der Waals surface area contributed by atoms with Gasteiger partial charge in [-0.2, -0.15) is 0 Å². The number of ether oxygens (including phenoxy) is 2. The number of nitrogens with one attached hydrogen (secondary N) is 1. The number of carbonyl (C=O) groups excluding carboxylic acids is 1. The monoisotopic (exact) mass is 335 g/mol. The number of aliphatic hydroxyl groups is 1. The van der Waals surface area contributed by atoms with E-state index in [4.69, 9.17) is 9.47 Å². The Morgan fingerprint density at radius 1 is 1.21 bits per heavy atom. The SMILES string of the molecule is C[C@](O)(CNC(=O)c1ccc2c(c1)OCO2)c1ccc(F)cc1F. The molecule has 1 atom stereocenters. The number of fused-ring (bicyclic) bond motifs is 1. The van der Waals surface area contributed by atoms with Crippen LogP contribution in [0.25, 0.3) is 0 Å². The van der Waals surface area contributed by atoms with Crippen LogP contribution >= 0.6 is 0 Å². The molecule has 0 fully saturated rings. The van der Waals surface area contributed by atoms with Gasteiger partial charge in [-0.15, -0.1) is 0 Å². The number of rotatable bonds is 4. The second-order valence-electron chi connectivity index (χ2n) is 5.65. The molecule has 1 amide bonds. The molecule has 126 valence electrons. The molecule has 1 aliphatic heterocycles. The topological polar surface area (TPSA) is 67.8 Å². The molecule has 2 aromatic carbocycles. The summed E-state index contributed by atoms with van der Waals surface area (Å²) in [7, 11) is 0. The van der Waals surface area contributed by atoms with Crippen molar-refractivity contribution in [3.63, 3.8) is 0 Å². The quantitative estimate of drug-likeness (QED) is 0.900. The summed E-state index contributed by atoms with van der Waals surface area (Å²) in [4.78, 5) is 12.2. The summed E-state index contributed by atoms with van der Waals surface area (Å²) in [5, 5.41) is 12.9. The lowest BCUT2D eigenvalue weighted by atomic mass is 9.95. The number of carbonyl (C=O) groups is 1. The van der Waals surface area contributed by atoms with Crippen molar-refractivity contribution in [3.8, 4) is 11.5 Å². The number of hydrogen-bond acceptors (Lipinski definition) is 4. The zero-order valence-electron chi connectivity index (χ0n) is 12.8. The lowest BCUT2D eigenvalue weighted by Crippen LogP contribution is -2.39. The highest BCUT2D eigenvalue weighted by Crippen LogP contribution is 2.32. The molecule has 0 saturated carbocycles. The highest BCUT2D eigenvalue weighted by molar-refractivity contribution is 5.95. The van der Waals surface area contributed by atoms with Crippen LogP contribution in [-0.4, -0.2) is 24.4 Å². The Balaban J connectivity index is 1.71. The van der Waals surface area contributed by atoms with Crippen molar-refractivity contribution in [2.75, 3.05) is 13.3 Å². The fourth-order valence-electron chi connectivity index (χ4n) is 2.41. The molecule has 3 rings (SSSR count). The normalized spacial score (nSPS) is 15.0. The summed E-state index contributed by atoms with van der Waals surface area (Å²) in [6, 6.07) is 7.56. The molecule has 0 unspecified atom stereocenters. The lowest BCUT2D eigenvalue weighted by Gasteiger charge is -2.24. The zero-order chi connectivity index (χ0) is 17.3. The van der Waals surface area contributed by atoms with E-state index in [2.05, 4.69) is 5.32 Å². The van der Waals surface area contributed by atoms with Crippen molar-refractivity contribution >= 4 is 5.91 Å². The van der Waals surface area contributed by atoms with E-state index in [1.54, 1.807) is 12.1 Å². The van der Waals surface area contributed by atoms with E-state index in [0.717, 1.165) is 12.1 Å². The molecule has 0 spiro atoms. The molecule has 0 aliphatic carbocycles. The summed E-state index contributed by atoms with van der Waals surface area (Å²) in [5.74, 6) is -1.07. The smallest absolute Gasteiger partial charge is 0.251 e. The largest absolute Gasteiger partial charge is 0.454 e. The van der Waals surface area contributed by atoms with E-state index in [1.165, 1.54) is 13.0 Å². The highest BCUT2D eigenvalue weighted by atomic mass is 19.1. The Kier molecular flexibility index (Phi) is 4.11. The molecule has 0 saturated heterocycles. The highest BCUT2D eigenvalue weighted by Gasteiger charge is 2.28. The lowest BCUT2D eigenvalue weighted by molar-refractivity contribution is 0.0494. The standard InChI is InChI=1S/C17H15F2NO4/c1-17(22,12-4-3-11(18)7-13(12)19)8-20-16(21)10-2-5-14-15(6-10)24-9-23-14/h2-7,22H,8-9H2,1H3,(H,20,21)/t17-/m0/s1. The number of hydrogen-bond donors (Lipinski definition) is 2. The predicted molar refractivity (Wildman–Crippen MR) is 80.8 cm³/mol. The van der Waals surface area contributed by atoms with E-state index in [-0.39, 0.29) is 18.9 Å².